The number of anilines is 2. The van der Waals surface area contributed by atoms with Crippen molar-refractivity contribution in [1.29, 1.82) is 0 Å². The van der Waals surface area contributed by atoms with Crippen LogP contribution in [0.2, 0.25) is 0 Å². The molecule has 2 N–H and O–H groups in total. The van der Waals surface area contributed by atoms with Gasteiger partial charge in [-0.05, 0) is 60.8 Å². The van der Waals surface area contributed by atoms with Crippen molar-refractivity contribution in [2.75, 3.05) is 22.1 Å². The Hall–Kier alpha value is -2.27. The second-order valence-electron chi connectivity index (χ2n) is 7.02. The third-order valence-electron chi connectivity index (χ3n) is 4.61. The first-order valence-electron chi connectivity index (χ1n) is 9.82. The van der Waals surface area contributed by atoms with Gasteiger partial charge in [0.1, 0.15) is 0 Å². The maximum atomic E-state index is 12.2. The van der Waals surface area contributed by atoms with E-state index in [1.165, 1.54) is 5.56 Å². The fraction of sp³-hybridized carbons (Fsp3) is 0.391. The number of aryl methyl sites for hydroxylation is 1. The third-order valence-corrected chi connectivity index (χ3v) is 5.65. The number of benzene rings is 2. The van der Waals surface area contributed by atoms with Gasteiger partial charge in [0.15, 0.2) is 0 Å². The van der Waals surface area contributed by atoms with Gasteiger partial charge in [-0.3, -0.25) is 9.59 Å². The normalized spacial score (nSPS) is 11.7. The van der Waals surface area contributed by atoms with E-state index in [9.17, 15) is 9.59 Å². The van der Waals surface area contributed by atoms with Crippen LogP contribution in [0, 0.1) is 6.92 Å². The second kappa shape index (κ2) is 11.5. The van der Waals surface area contributed by atoms with E-state index in [1.54, 1.807) is 11.8 Å². The third kappa shape index (κ3) is 7.39. The molecule has 0 aliphatic rings. The number of thioether (sulfide) groups is 1. The molecule has 0 saturated heterocycles. The molecule has 0 bridgehead atoms. The largest absolute Gasteiger partial charge is 0.326 e. The second-order valence-corrected chi connectivity index (χ2v) is 8.12. The van der Waals surface area contributed by atoms with E-state index in [-0.39, 0.29) is 11.8 Å². The molecule has 1 atom stereocenters. The van der Waals surface area contributed by atoms with Crippen molar-refractivity contribution >= 4 is 35.0 Å². The highest BCUT2D eigenvalue weighted by Crippen LogP contribution is 2.26. The van der Waals surface area contributed by atoms with E-state index < -0.39 is 0 Å². The summed E-state index contributed by atoms with van der Waals surface area (Å²) in [4.78, 5) is 24.2. The summed E-state index contributed by atoms with van der Waals surface area (Å²) in [6.07, 6.45) is 2.24. The van der Waals surface area contributed by atoms with Crippen LogP contribution in [0.15, 0.2) is 48.5 Å². The van der Waals surface area contributed by atoms with Crippen molar-refractivity contribution in [2.45, 2.75) is 46.0 Å². The Kier molecular flexibility index (Phi) is 9.08. The minimum atomic E-state index is 0.00460. The lowest BCUT2D eigenvalue weighted by Gasteiger charge is -2.15. The van der Waals surface area contributed by atoms with Gasteiger partial charge in [0.2, 0.25) is 11.8 Å². The van der Waals surface area contributed by atoms with E-state index in [4.69, 9.17) is 0 Å². The first kappa shape index (κ1) is 22.0. The van der Waals surface area contributed by atoms with Crippen molar-refractivity contribution < 1.29 is 9.59 Å². The lowest BCUT2D eigenvalue weighted by Crippen LogP contribution is -2.16. The molecule has 28 heavy (non-hydrogen) atoms. The zero-order chi connectivity index (χ0) is 20.4. The first-order valence-corrected chi connectivity index (χ1v) is 11.0. The zero-order valence-electron chi connectivity index (χ0n) is 17.0. The highest BCUT2D eigenvalue weighted by Gasteiger charge is 2.11. The van der Waals surface area contributed by atoms with Crippen LogP contribution in [0.5, 0.6) is 0 Å². The average Bonchev–Trinajstić information content (AvgIpc) is 2.67. The number of rotatable bonds is 10. The quantitative estimate of drug-likeness (QED) is 0.512. The summed E-state index contributed by atoms with van der Waals surface area (Å²) in [6, 6.07) is 15.8. The molecule has 2 aromatic rings. The Balaban J connectivity index is 1.67. The molecule has 2 amide bonds. The molecule has 0 fully saturated rings. The molecule has 2 rings (SSSR count). The highest BCUT2D eigenvalue weighted by molar-refractivity contribution is 7.99. The molecule has 5 heteroatoms. The summed E-state index contributed by atoms with van der Waals surface area (Å²) in [7, 11) is 0. The highest BCUT2D eigenvalue weighted by atomic mass is 32.2. The van der Waals surface area contributed by atoms with Gasteiger partial charge >= 0.3 is 0 Å². The Morgan fingerprint density at radius 3 is 2.57 bits per heavy atom. The van der Waals surface area contributed by atoms with Gasteiger partial charge in [-0.2, -0.15) is 11.8 Å². The molecule has 4 nitrogen and oxygen atoms in total. The van der Waals surface area contributed by atoms with Gasteiger partial charge in [-0.25, -0.2) is 0 Å². The molecule has 2 aromatic carbocycles. The molecule has 0 radical (unpaired) electrons. The van der Waals surface area contributed by atoms with E-state index in [0.717, 1.165) is 35.5 Å². The number of carbonyl (C=O) groups excluding carboxylic acids is 2. The maximum absolute atomic E-state index is 12.2. The molecular weight excluding hydrogens is 368 g/mol. The van der Waals surface area contributed by atoms with Crippen molar-refractivity contribution in [2.24, 2.45) is 0 Å². The SMILES string of the molecule is CC[C@@H](C)c1ccccc1NC(=O)CSCCCC(=O)Nc1cccc(C)c1. The lowest BCUT2D eigenvalue weighted by atomic mass is 9.97. The summed E-state index contributed by atoms with van der Waals surface area (Å²) >= 11 is 1.56. The predicted octanol–water partition coefficient (Wildman–Crippen LogP) is 5.60. The molecule has 0 aliphatic heterocycles. The van der Waals surface area contributed by atoms with E-state index in [2.05, 4.69) is 30.5 Å². The number of nitrogens with one attached hydrogen (secondary N) is 2. The van der Waals surface area contributed by atoms with Crippen LogP contribution in [0.1, 0.15) is 50.2 Å². The summed E-state index contributed by atoms with van der Waals surface area (Å²) in [5.74, 6) is 1.61. The standard InChI is InChI=1S/C23H30N2O2S/c1-4-18(3)20-11-5-6-12-21(20)25-23(27)16-28-14-8-13-22(26)24-19-10-7-9-17(2)15-19/h5-7,9-12,15,18H,4,8,13-14,16H2,1-3H3,(H,24,26)(H,25,27)/t18-/m1/s1. The van der Waals surface area contributed by atoms with Crippen LogP contribution in [-0.2, 0) is 9.59 Å². The molecule has 0 saturated carbocycles. The first-order chi connectivity index (χ1) is 13.5. The molecule has 150 valence electrons. The molecule has 0 heterocycles. The van der Waals surface area contributed by atoms with Crippen molar-refractivity contribution in [1.82, 2.24) is 0 Å². The summed E-state index contributed by atoms with van der Waals surface area (Å²) in [5, 5.41) is 5.93. The predicted molar refractivity (Wildman–Crippen MR) is 120 cm³/mol. The topological polar surface area (TPSA) is 58.2 Å². The van der Waals surface area contributed by atoms with Crippen LogP contribution < -0.4 is 10.6 Å². The van der Waals surface area contributed by atoms with Crippen LogP contribution >= 0.6 is 11.8 Å². The van der Waals surface area contributed by atoms with Crippen LogP contribution in [0.4, 0.5) is 11.4 Å². The lowest BCUT2D eigenvalue weighted by molar-refractivity contribution is -0.116. The number of hydrogen-bond donors (Lipinski definition) is 2. The van der Waals surface area contributed by atoms with Gasteiger partial charge in [-0.15, -0.1) is 0 Å². The monoisotopic (exact) mass is 398 g/mol. The number of carbonyl (C=O) groups is 2. The zero-order valence-corrected chi connectivity index (χ0v) is 17.8. The van der Waals surface area contributed by atoms with Gasteiger partial charge in [0, 0.05) is 17.8 Å². The Morgan fingerprint density at radius 2 is 1.82 bits per heavy atom. The summed E-state index contributed by atoms with van der Waals surface area (Å²) in [6.45, 7) is 6.31. The fourth-order valence-corrected chi connectivity index (χ4v) is 3.64. The minimum Gasteiger partial charge on any atom is -0.326 e. The van der Waals surface area contributed by atoms with Gasteiger partial charge in [-0.1, -0.05) is 44.2 Å². The number of hydrogen-bond acceptors (Lipinski definition) is 3. The fourth-order valence-electron chi connectivity index (χ4n) is 2.89. The average molecular weight is 399 g/mol. The molecule has 0 unspecified atom stereocenters. The summed E-state index contributed by atoms with van der Waals surface area (Å²) in [5.41, 5.74) is 4.03. The maximum Gasteiger partial charge on any atom is 0.234 e. The Morgan fingerprint density at radius 1 is 1.04 bits per heavy atom. The summed E-state index contributed by atoms with van der Waals surface area (Å²) < 4.78 is 0. The van der Waals surface area contributed by atoms with Crippen LogP contribution in [-0.4, -0.2) is 23.3 Å². The van der Waals surface area contributed by atoms with Gasteiger partial charge < -0.3 is 10.6 Å². The minimum absolute atomic E-state index is 0.00460. The smallest absolute Gasteiger partial charge is 0.234 e. The molecule has 0 spiro atoms. The Labute approximate surface area is 172 Å². The van der Waals surface area contributed by atoms with Crippen LogP contribution in [0.3, 0.4) is 0 Å². The van der Waals surface area contributed by atoms with Crippen molar-refractivity contribution in [3.8, 4) is 0 Å². The molecule has 0 aromatic heterocycles. The van der Waals surface area contributed by atoms with E-state index in [0.29, 0.717) is 18.1 Å². The van der Waals surface area contributed by atoms with Gasteiger partial charge in [0.05, 0.1) is 5.75 Å². The van der Waals surface area contributed by atoms with Gasteiger partial charge in [0.25, 0.3) is 0 Å². The Bertz CT molecular complexity index is 792. The van der Waals surface area contributed by atoms with Crippen molar-refractivity contribution in [3.05, 3.63) is 59.7 Å². The number of amides is 2. The van der Waals surface area contributed by atoms with E-state index in [1.807, 2.05) is 49.4 Å². The van der Waals surface area contributed by atoms with E-state index >= 15 is 0 Å². The molecule has 0 aliphatic carbocycles. The van der Waals surface area contributed by atoms with Crippen LogP contribution in [0.25, 0.3) is 0 Å². The van der Waals surface area contributed by atoms with Crippen molar-refractivity contribution in [3.63, 3.8) is 0 Å². The molecular formula is C23H30N2O2S. The number of para-hydroxylation sites is 1.